The normalized spacial score (nSPS) is 0. The summed E-state index contributed by atoms with van der Waals surface area (Å²) in [4.78, 5) is 0. The molecule has 0 N–H and O–H groups in total. The molecule has 0 fully saturated rings. The fourth-order valence-corrected chi connectivity index (χ4v) is 0. The summed E-state index contributed by atoms with van der Waals surface area (Å²) in [7, 11) is 0. The Morgan fingerprint density at radius 1 is 0.0278 bits per heavy atom. The maximum absolute atomic E-state index is 0. The maximum Gasteiger partial charge on any atom is 0 e. The molecule has 0 aromatic carbocycles. The van der Waals surface area contributed by atoms with Gasteiger partial charge in [-0.3, -0.25) is 0 Å². The molecule has 0 saturated heterocycles. The zero-order valence-electron chi connectivity index (χ0n) is 42.0. The first kappa shape index (κ1) is 546. The average molecular weight is 6330 g/mol. The van der Waals surface area contributed by atoms with Crippen LogP contribution in [0, 0.1) is 7.43 Å². The molecule has 71 radical (unpaired) electrons. The Balaban J connectivity index is 0. The van der Waals surface area contributed by atoms with E-state index in [0.29, 0.717) is 0 Å². The van der Waals surface area contributed by atoms with Gasteiger partial charge in [0.1, 0.15) is 0 Å². The fourth-order valence-electron chi connectivity index (χ4n) is 0. The molecule has 72 heavy (non-hydrogen) atoms. The first-order valence-electron chi connectivity index (χ1n) is 0. The van der Waals surface area contributed by atoms with Crippen LogP contribution in [-0.2, 0) is 2320 Å². The van der Waals surface area contributed by atoms with Crippen LogP contribution in [0.25, 0.3) is 0 Å². The van der Waals surface area contributed by atoms with Gasteiger partial charge in [0, 0.05) is 2320 Å². The summed E-state index contributed by atoms with van der Waals surface area (Å²) in [6.45, 7) is 0. The van der Waals surface area contributed by atoms with Gasteiger partial charge in [-0.1, -0.05) is 0 Å². The molecule has 71 heteroatoms. The van der Waals surface area contributed by atoms with E-state index in [-0.39, 0.29) is 2330 Å². The largest absolute Gasteiger partial charge is 0.358 e. The molecule has 0 aliphatic carbocycles. The van der Waals surface area contributed by atoms with Gasteiger partial charge in [0.15, 0.2) is 0 Å². The molecule has 0 heterocycles. The monoisotopic (exact) mass is 6330 g/mol. The van der Waals surface area contributed by atoms with Crippen LogP contribution in [0.3, 0.4) is 0 Å². The molecule has 0 atom stereocenters. The summed E-state index contributed by atoms with van der Waals surface area (Å²) in [6, 6.07) is 0. The van der Waals surface area contributed by atoms with E-state index < -0.39 is 0 Å². The van der Waals surface area contributed by atoms with Crippen molar-refractivity contribution in [3.8, 4) is 0 Å². The van der Waals surface area contributed by atoms with Crippen molar-refractivity contribution < 1.29 is 2320 Å². The molecule has 0 bridgehead atoms. The van der Waals surface area contributed by atoms with Crippen LogP contribution in [0.1, 0.15) is 0 Å². The van der Waals surface area contributed by atoms with Gasteiger partial charge in [-0.05, 0) is 0 Å². The second kappa shape index (κ2) is 535. The van der Waals surface area contributed by atoms with Crippen molar-refractivity contribution in [1.29, 1.82) is 0 Å². The Bertz CT molecular complexity index is 7.60. The predicted octanol–water partition coefficient (Wildman–Crippen LogP) is 0.273. The summed E-state index contributed by atoms with van der Waals surface area (Å²) in [6.07, 6.45) is 0. The van der Waals surface area contributed by atoms with Crippen LogP contribution in [0.15, 0.2) is 0 Å². The third-order valence-electron chi connectivity index (χ3n) is 0. The second-order valence-corrected chi connectivity index (χ2v) is 0. The van der Waals surface area contributed by atoms with Gasteiger partial charge in [-0.15, -0.1) is 0 Å². The molecule has 0 nitrogen and oxygen atoms in total. The summed E-state index contributed by atoms with van der Waals surface area (Å²) >= 11 is 0. The number of hydrogen-bond acceptors (Lipinski definition) is 0. The van der Waals surface area contributed by atoms with E-state index in [1.807, 2.05) is 0 Å². The Hall–Kier alpha value is 78.4. The van der Waals surface area contributed by atoms with Gasteiger partial charge in [0.2, 0.25) is 0 Å². The van der Waals surface area contributed by atoms with Crippen molar-refractivity contribution in [2.45, 2.75) is 0 Å². The van der Waals surface area contributed by atoms with Crippen molar-refractivity contribution >= 4 is 0 Å². The molecule has 0 saturated carbocycles. The quantitative estimate of drug-likeness (QED) is 0.307. The van der Waals surface area contributed by atoms with E-state index in [9.17, 15) is 0 Å². The fraction of sp³-hybridized carbons (Fsp3) is 0. The number of hydrogen-bond donors (Lipinski definition) is 0. The third-order valence-corrected chi connectivity index (χ3v) is 0. The molecule has 0 aromatic heterocycles. The van der Waals surface area contributed by atoms with Gasteiger partial charge in [0.25, 0.3) is 0 Å². The van der Waals surface area contributed by atoms with E-state index in [4.69, 9.17) is 0 Å². The molecule has 221 valence electrons. The van der Waals surface area contributed by atoms with Crippen LogP contribution in [-0.4, -0.2) is 0 Å². The van der Waals surface area contributed by atoms with Gasteiger partial charge < -0.3 is 7.43 Å². The summed E-state index contributed by atoms with van der Waals surface area (Å²) in [5.74, 6) is 0. The van der Waals surface area contributed by atoms with Crippen molar-refractivity contribution in [3.63, 3.8) is 0 Å². The van der Waals surface area contributed by atoms with E-state index in [1.54, 1.807) is 0 Å². The average Bonchev–Trinajstić information content (AvgIpc) is 0. The molecule has 0 aliphatic heterocycles. The molecular weight excluding hydrogens is 6320 g/mol. The van der Waals surface area contributed by atoms with Gasteiger partial charge in [-0.2, -0.15) is 0 Å². The van der Waals surface area contributed by atoms with Crippen molar-refractivity contribution in [2.75, 3.05) is 0 Å². The molecule has 0 unspecified atom stereocenters. The molecule has 0 aliphatic rings. The second-order valence-electron chi connectivity index (χ2n) is 0. The van der Waals surface area contributed by atoms with E-state index in [2.05, 4.69) is 0 Å². The van der Waals surface area contributed by atoms with Gasteiger partial charge in [-0.25, -0.2) is 0 Å². The topological polar surface area (TPSA) is 0 Å². The standard InChI is InChI=1S/CH3.71Y/h1H3;;;;;;;;;;;;;;;;;;;;;;;;;;;;;;;;;;;;;;;;;;;;;;;;;;;;;;;;;;;;;;;;;;;;;;;/q-1;;;;;;;;;;;;;;;;;;;;;;;;;;;;;;;;;;;;;;;;;;;;;;;;;;;;;;;;;;;;;;;;;;;;;;;. The van der Waals surface area contributed by atoms with Crippen molar-refractivity contribution in [3.05, 3.63) is 7.43 Å². The summed E-state index contributed by atoms with van der Waals surface area (Å²) in [5.41, 5.74) is 0. The SMILES string of the molecule is [CH3-].[Y].[Y].[Y].[Y].[Y].[Y].[Y].[Y].[Y].[Y].[Y].[Y].[Y].[Y].[Y].[Y].[Y].[Y].[Y].[Y].[Y].[Y].[Y].[Y].[Y].[Y].[Y].[Y].[Y].[Y].[Y].[Y].[Y].[Y].[Y].[Y].[Y].[Y].[Y].[Y].[Y].[Y].[Y].[Y].[Y].[Y].[Y].[Y].[Y].[Y].[Y].[Y].[Y].[Y].[Y].[Y].[Y].[Y].[Y].[Y].[Y].[Y].[Y].[Y].[Y].[Y].[Y].[Y].[Y].[Y].[Y]. The van der Waals surface area contributed by atoms with Crippen molar-refractivity contribution in [1.82, 2.24) is 0 Å². The third kappa shape index (κ3) is 525. The van der Waals surface area contributed by atoms with E-state index in [0.717, 1.165) is 0 Å². The molecule has 0 aromatic rings. The van der Waals surface area contributed by atoms with Crippen LogP contribution >= 0.6 is 0 Å². The van der Waals surface area contributed by atoms with Crippen LogP contribution in [0.4, 0.5) is 0 Å². The Morgan fingerprint density at radius 3 is 0.0278 bits per heavy atom. The molecule has 0 rings (SSSR count). The first-order valence-corrected chi connectivity index (χ1v) is 0. The smallest absolute Gasteiger partial charge is 0 e. The van der Waals surface area contributed by atoms with Crippen molar-refractivity contribution in [2.24, 2.45) is 0 Å². The van der Waals surface area contributed by atoms with Crippen LogP contribution in [0.5, 0.6) is 0 Å². The molecular formula is CH3Y71-. The van der Waals surface area contributed by atoms with Gasteiger partial charge >= 0.3 is 0 Å². The minimum absolute atomic E-state index is 0. The first-order chi connectivity index (χ1) is 0. The molecule has 0 amide bonds. The maximum atomic E-state index is 0. The minimum atomic E-state index is 0. The minimum Gasteiger partial charge on any atom is -0.358 e. The summed E-state index contributed by atoms with van der Waals surface area (Å²) < 4.78 is 0. The van der Waals surface area contributed by atoms with E-state index in [1.165, 1.54) is 0 Å². The Labute approximate surface area is 2240 Å². The summed E-state index contributed by atoms with van der Waals surface area (Å²) in [5, 5.41) is 0. The van der Waals surface area contributed by atoms with E-state index >= 15 is 0 Å². The number of rotatable bonds is 0. The Morgan fingerprint density at radius 2 is 0.0278 bits per heavy atom. The zero-order chi connectivity index (χ0) is 0. The predicted molar refractivity (Wildman–Crippen MR) is 6.41 cm³/mol. The van der Waals surface area contributed by atoms with Crippen LogP contribution in [0.2, 0.25) is 0 Å². The zero-order valence-corrected chi connectivity index (χ0v) is 244. The van der Waals surface area contributed by atoms with Crippen LogP contribution < -0.4 is 0 Å². The molecule has 0 spiro atoms. The van der Waals surface area contributed by atoms with Gasteiger partial charge in [0.05, 0.1) is 0 Å². The Kier molecular flexibility index (Phi) is 4060.